The maximum Gasteiger partial charge on any atom is 0.222 e. The number of likely N-dealkylation sites (tertiary alicyclic amines) is 1. The van der Waals surface area contributed by atoms with E-state index in [1.54, 1.807) is 0 Å². The number of rotatable bonds is 2. The van der Waals surface area contributed by atoms with E-state index in [2.05, 4.69) is 12.1 Å². The van der Waals surface area contributed by atoms with Crippen molar-refractivity contribution in [3.8, 4) is 0 Å². The van der Waals surface area contributed by atoms with Gasteiger partial charge in [-0.25, -0.2) is 0 Å². The van der Waals surface area contributed by atoms with Crippen molar-refractivity contribution in [3.05, 3.63) is 29.8 Å². The van der Waals surface area contributed by atoms with Gasteiger partial charge in [-0.05, 0) is 35.8 Å². The SMILES string of the molecule is CCC(=O)N1CC2CC(c3ccccc3N)C2C1. The number of hydrogen-bond acceptors (Lipinski definition) is 2. The molecule has 1 aliphatic heterocycles. The van der Waals surface area contributed by atoms with E-state index in [4.69, 9.17) is 5.73 Å². The molecule has 1 heterocycles. The third-order valence-corrected chi connectivity index (χ3v) is 4.62. The van der Waals surface area contributed by atoms with Crippen LogP contribution < -0.4 is 5.73 Å². The normalized spacial score (nSPS) is 29.8. The van der Waals surface area contributed by atoms with E-state index >= 15 is 0 Å². The predicted octanol–water partition coefficient (Wildman–Crippen LogP) is 2.24. The highest BCUT2D eigenvalue weighted by molar-refractivity contribution is 5.76. The standard InChI is InChI=1S/C15H20N2O/c1-2-15(18)17-8-10-7-12(13(10)9-17)11-5-3-4-6-14(11)16/h3-6,10,12-13H,2,7-9,16H2,1H3. The van der Waals surface area contributed by atoms with Crippen molar-refractivity contribution in [1.29, 1.82) is 0 Å². The molecule has 1 aliphatic carbocycles. The molecule has 2 N–H and O–H groups in total. The molecule has 2 aliphatic rings. The molecule has 1 saturated carbocycles. The van der Waals surface area contributed by atoms with Gasteiger partial charge in [0.2, 0.25) is 5.91 Å². The molecular formula is C15H20N2O. The molecule has 1 aromatic rings. The van der Waals surface area contributed by atoms with Gasteiger partial charge < -0.3 is 10.6 Å². The minimum Gasteiger partial charge on any atom is -0.398 e. The number of nitrogens with zero attached hydrogens (tertiary/aromatic N) is 1. The molecule has 2 fully saturated rings. The molecule has 0 radical (unpaired) electrons. The topological polar surface area (TPSA) is 46.3 Å². The van der Waals surface area contributed by atoms with Crippen LogP contribution in [-0.4, -0.2) is 23.9 Å². The summed E-state index contributed by atoms with van der Waals surface area (Å²) in [5, 5.41) is 0. The Labute approximate surface area is 108 Å². The van der Waals surface area contributed by atoms with Gasteiger partial charge in [0.15, 0.2) is 0 Å². The second-order valence-electron chi connectivity index (χ2n) is 5.55. The minimum atomic E-state index is 0.296. The summed E-state index contributed by atoms with van der Waals surface area (Å²) in [4.78, 5) is 13.8. The van der Waals surface area contributed by atoms with Crippen molar-refractivity contribution >= 4 is 11.6 Å². The quantitative estimate of drug-likeness (QED) is 0.811. The number of nitrogens with two attached hydrogens (primary N) is 1. The molecule has 3 atom stereocenters. The molecule has 0 bridgehead atoms. The number of hydrogen-bond donors (Lipinski definition) is 1. The molecule has 1 saturated heterocycles. The van der Waals surface area contributed by atoms with Gasteiger partial charge in [0, 0.05) is 25.2 Å². The van der Waals surface area contributed by atoms with Crippen LogP contribution in [0.3, 0.4) is 0 Å². The van der Waals surface area contributed by atoms with E-state index < -0.39 is 0 Å². The third kappa shape index (κ3) is 1.69. The van der Waals surface area contributed by atoms with E-state index in [9.17, 15) is 4.79 Å². The van der Waals surface area contributed by atoms with Crippen molar-refractivity contribution in [2.45, 2.75) is 25.7 Å². The lowest BCUT2D eigenvalue weighted by Crippen LogP contribution is -2.34. The number of fused-ring (bicyclic) bond motifs is 1. The van der Waals surface area contributed by atoms with E-state index in [0.717, 1.165) is 18.8 Å². The van der Waals surface area contributed by atoms with Crippen LogP contribution in [0.5, 0.6) is 0 Å². The molecule has 3 rings (SSSR count). The predicted molar refractivity (Wildman–Crippen MR) is 72.1 cm³/mol. The highest BCUT2D eigenvalue weighted by atomic mass is 16.2. The van der Waals surface area contributed by atoms with Crippen molar-refractivity contribution in [1.82, 2.24) is 4.90 Å². The summed E-state index contributed by atoms with van der Waals surface area (Å²) in [6, 6.07) is 8.16. The first kappa shape index (κ1) is 11.6. The Morgan fingerprint density at radius 1 is 1.39 bits per heavy atom. The minimum absolute atomic E-state index is 0.296. The van der Waals surface area contributed by atoms with Gasteiger partial charge in [0.05, 0.1) is 0 Å². The van der Waals surface area contributed by atoms with Crippen LogP contribution in [0.25, 0.3) is 0 Å². The highest BCUT2D eigenvalue weighted by Gasteiger charge is 2.48. The van der Waals surface area contributed by atoms with E-state index in [0.29, 0.717) is 30.1 Å². The number of carbonyl (C=O) groups excluding carboxylic acids is 1. The second kappa shape index (κ2) is 4.30. The molecule has 0 spiro atoms. The first-order valence-electron chi connectivity index (χ1n) is 6.83. The Kier molecular flexibility index (Phi) is 2.77. The smallest absolute Gasteiger partial charge is 0.222 e. The molecule has 96 valence electrons. The summed E-state index contributed by atoms with van der Waals surface area (Å²) in [5.41, 5.74) is 8.24. The average Bonchev–Trinajstić information content (AvgIpc) is 2.69. The first-order valence-corrected chi connectivity index (χ1v) is 6.83. The summed E-state index contributed by atoms with van der Waals surface area (Å²) in [7, 11) is 0. The van der Waals surface area contributed by atoms with Crippen LogP contribution in [-0.2, 0) is 4.79 Å². The van der Waals surface area contributed by atoms with Gasteiger partial charge in [0.1, 0.15) is 0 Å². The van der Waals surface area contributed by atoms with Crippen LogP contribution in [0.1, 0.15) is 31.2 Å². The Hall–Kier alpha value is -1.51. The van der Waals surface area contributed by atoms with Crippen LogP contribution in [0, 0.1) is 11.8 Å². The fraction of sp³-hybridized carbons (Fsp3) is 0.533. The van der Waals surface area contributed by atoms with Crippen LogP contribution in [0.15, 0.2) is 24.3 Å². The van der Waals surface area contributed by atoms with E-state index in [1.807, 2.05) is 24.0 Å². The van der Waals surface area contributed by atoms with Gasteiger partial charge in [0.25, 0.3) is 0 Å². The Morgan fingerprint density at radius 3 is 2.89 bits per heavy atom. The number of nitrogen functional groups attached to an aromatic ring is 1. The van der Waals surface area contributed by atoms with Crippen molar-refractivity contribution < 1.29 is 4.79 Å². The van der Waals surface area contributed by atoms with Crippen molar-refractivity contribution in [2.75, 3.05) is 18.8 Å². The van der Waals surface area contributed by atoms with Gasteiger partial charge in [-0.2, -0.15) is 0 Å². The Bertz CT molecular complexity index is 471. The highest BCUT2D eigenvalue weighted by Crippen LogP contribution is 2.52. The van der Waals surface area contributed by atoms with Crippen LogP contribution >= 0.6 is 0 Å². The molecule has 1 amide bonds. The molecule has 1 aromatic carbocycles. The molecule has 3 nitrogen and oxygen atoms in total. The van der Waals surface area contributed by atoms with E-state index in [1.165, 1.54) is 12.0 Å². The summed E-state index contributed by atoms with van der Waals surface area (Å²) in [6.45, 7) is 3.83. The molecule has 18 heavy (non-hydrogen) atoms. The van der Waals surface area contributed by atoms with Crippen LogP contribution in [0.2, 0.25) is 0 Å². The van der Waals surface area contributed by atoms with E-state index in [-0.39, 0.29) is 0 Å². The average molecular weight is 244 g/mol. The zero-order valence-electron chi connectivity index (χ0n) is 10.8. The number of amides is 1. The van der Waals surface area contributed by atoms with Gasteiger partial charge in [-0.3, -0.25) is 4.79 Å². The van der Waals surface area contributed by atoms with Crippen molar-refractivity contribution in [3.63, 3.8) is 0 Å². The third-order valence-electron chi connectivity index (χ3n) is 4.62. The fourth-order valence-electron chi connectivity index (χ4n) is 3.54. The molecular weight excluding hydrogens is 224 g/mol. The second-order valence-corrected chi connectivity index (χ2v) is 5.55. The van der Waals surface area contributed by atoms with Gasteiger partial charge in [-0.1, -0.05) is 25.1 Å². The lowest BCUT2D eigenvalue weighted by atomic mass is 9.64. The van der Waals surface area contributed by atoms with Crippen LogP contribution in [0.4, 0.5) is 5.69 Å². The summed E-state index contributed by atoms with van der Waals surface area (Å²) in [6.07, 6.45) is 1.81. The lowest BCUT2D eigenvalue weighted by molar-refractivity contribution is -0.129. The maximum absolute atomic E-state index is 11.7. The monoisotopic (exact) mass is 244 g/mol. The summed E-state index contributed by atoms with van der Waals surface area (Å²) in [5.74, 6) is 2.19. The molecule has 3 heteroatoms. The largest absolute Gasteiger partial charge is 0.398 e. The first-order chi connectivity index (χ1) is 8.70. The number of para-hydroxylation sites is 1. The number of anilines is 1. The molecule has 0 aromatic heterocycles. The van der Waals surface area contributed by atoms with Gasteiger partial charge >= 0.3 is 0 Å². The zero-order valence-corrected chi connectivity index (χ0v) is 10.8. The number of benzene rings is 1. The Balaban J connectivity index is 1.74. The van der Waals surface area contributed by atoms with Crippen molar-refractivity contribution in [2.24, 2.45) is 11.8 Å². The van der Waals surface area contributed by atoms with Gasteiger partial charge in [-0.15, -0.1) is 0 Å². The maximum atomic E-state index is 11.7. The zero-order chi connectivity index (χ0) is 12.7. The number of carbonyl (C=O) groups is 1. The lowest BCUT2D eigenvalue weighted by Gasteiger charge is -2.40. The fourth-order valence-corrected chi connectivity index (χ4v) is 3.54. The summed E-state index contributed by atoms with van der Waals surface area (Å²) < 4.78 is 0. The molecule has 3 unspecified atom stereocenters. The Morgan fingerprint density at radius 2 is 2.17 bits per heavy atom. The summed E-state index contributed by atoms with van der Waals surface area (Å²) >= 11 is 0.